The first-order valence-electron chi connectivity index (χ1n) is 5.52. The zero-order valence-corrected chi connectivity index (χ0v) is 11.5. The van der Waals surface area contributed by atoms with Crippen LogP contribution in [0.1, 0.15) is 6.42 Å². The van der Waals surface area contributed by atoms with Crippen molar-refractivity contribution in [3.63, 3.8) is 0 Å². The fourth-order valence-corrected chi connectivity index (χ4v) is 2.34. The average Bonchev–Trinajstić information content (AvgIpc) is 2.27. The highest BCUT2D eigenvalue weighted by Crippen LogP contribution is 2.35. The molecule has 0 saturated carbocycles. The summed E-state index contributed by atoms with van der Waals surface area (Å²) in [6.45, 7) is 0.472. The molecule has 1 amide bonds. The van der Waals surface area contributed by atoms with Crippen molar-refractivity contribution in [1.82, 2.24) is 0 Å². The van der Waals surface area contributed by atoms with Crippen LogP contribution in [0.5, 0.6) is 0 Å². The van der Waals surface area contributed by atoms with E-state index in [1.165, 1.54) is 4.90 Å². The topological polar surface area (TPSA) is 60.9 Å². The SMILES string of the molecule is CN1CC(=O)N(CCC(=O)O)c2cc(Br)ccc21. The minimum atomic E-state index is -0.904. The highest BCUT2D eigenvalue weighted by Gasteiger charge is 2.27. The Labute approximate surface area is 113 Å². The van der Waals surface area contributed by atoms with Crippen LogP contribution in [-0.2, 0) is 9.59 Å². The number of halogens is 1. The summed E-state index contributed by atoms with van der Waals surface area (Å²) in [5.74, 6) is -0.984. The maximum atomic E-state index is 12.0. The zero-order chi connectivity index (χ0) is 13.3. The van der Waals surface area contributed by atoms with Gasteiger partial charge in [-0.2, -0.15) is 0 Å². The Morgan fingerprint density at radius 1 is 1.44 bits per heavy atom. The third-order valence-electron chi connectivity index (χ3n) is 2.86. The molecule has 0 bridgehead atoms. The van der Waals surface area contributed by atoms with Crippen molar-refractivity contribution in [2.45, 2.75) is 6.42 Å². The van der Waals surface area contributed by atoms with Gasteiger partial charge in [-0.3, -0.25) is 9.59 Å². The van der Waals surface area contributed by atoms with Crippen molar-refractivity contribution < 1.29 is 14.7 Å². The molecule has 96 valence electrons. The summed E-state index contributed by atoms with van der Waals surface area (Å²) >= 11 is 3.36. The highest BCUT2D eigenvalue weighted by molar-refractivity contribution is 9.10. The van der Waals surface area contributed by atoms with E-state index in [-0.39, 0.29) is 25.4 Å². The largest absolute Gasteiger partial charge is 0.481 e. The number of fused-ring (bicyclic) bond motifs is 1. The van der Waals surface area contributed by atoms with E-state index in [1.807, 2.05) is 30.1 Å². The molecule has 1 aliphatic heterocycles. The fourth-order valence-electron chi connectivity index (χ4n) is 2.00. The van der Waals surface area contributed by atoms with E-state index >= 15 is 0 Å². The van der Waals surface area contributed by atoms with E-state index in [0.717, 1.165) is 15.8 Å². The summed E-state index contributed by atoms with van der Waals surface area (Å²) in [6, 6.07) is 5.66. The van der Waals surface area contributed by atoms with Crippen molar-refractivity contribution in [3.8, 4) is 0 Å². The normalized spacial score (nSPS) is 14.7. The average molecular weight is 313 g/mol. The Balaban J connectivity index is 2.35. The Morgan fingerprint density at radius 3 is 2.83 bits per heavy atom. The molecule has 1 aromatic carbocycles. The summed E-state index contributed by atoms with van der Waals surface area (Å²) < 4.78 is 0.865. The molecule has 0 fully saturated rings. The molecule has 5 nitrogen and oxygen atoms in total. The van der Waals surface area contributed by atoms with Crippen molar-refractivity contribution in [2.75, 3.05) is 29.9 Å². The van der Waals surface area contributed by atoms with E-state index in [1.54, 1.807) is 0 Å². The lowest BCUT2D eigenvalue weighted by Gasteiger charge is -2.35. The van der Waals surface area contributed by atoms with Gasteiger partial charge in [-0.05, 0) is 18.2 Å². The van der Waals surface area contributed by atoms with Crippen LogP contribution in [0.15, 0.2) is 22.7 Å². The van der Waals surface area contributed by atoms with Gasteiger partial charge in [0.25, 0.3) is 0 Å². The number of rotatable bonds is 3. The molecule has 0 aromatic heterocycles. The van der Waals surface area contributed by atoms with Crippen molar-refractivity contribution in [2.24, 2.45) is 0 Å². The summed E-state index contributed by atoms with van der Waals surface area (Å²) in [6.07, 6.45) is -0.0542. The third-order valence-corrected chi connectivity index (χ3v) is 3.36. The first-order chi connectivity index (χ1) is 8.49. The highest BCUT2D eigenvalue weighted by atomic mass is 79.9. The van der Waals surface area contributed by atoms with E-state index in [9.17, 15) is 9.59 Å². The Bertz CT molecular complexity index is 504. The Hall–Kier alpha value is -1.56. The molecule has 18 heavy (non-hydrogen) atoms. The van der Waals surface area contributed by atoms with E-state index in [4.69, 9.17) is 5.11 Å². The lowest BCUT2D eigenvalue weighted by atomic mass is 10.1. The van der Waals surface area contributed by atoms with Gasteiger partial charge in [-0.1, -0.05) is 15.9 Å². The number of aliphatic carboxylic acids is 1. The van der Waals surface area contributed by atoms with Crippen LogP contribution in [0.3, 0.4) is 0 Å². The number of nitrogens with zero attached hydrogens (tertiary/aromatic N) is 2. The molecule has 0 aliphatic carbocycles. The quantitative estimate of drug-likeness (QED) is 0.923. The monoisotopic (exact) mass is 312 g/mol. The third kappa shape index (κ3) is 2.48. The first-order valence-corrected chi connectivity index (χ1v) is 6.31. The molecule has 0 radical (unpaired) electrons. The van der Waals surface area contributed by atoms with Crippen LogP contribution < -0.4 is 9.80 Å². The lowest BCUT2D eigenvalue weighted by Crippen LogP contribution is -2.45. The molecule has 1 aromatic rings. The van der Waals surface area contributed by atoms with Gasteiger partial charge in [0.05, 0.1) is 24.3 Å². The molecule has 1 N–H and O–H groups in total. The molecule has 6 heteroatoms. The molecule has 0 saturated heterocycles. The van der Waals surface area contributed by atoms with E-state index < -0.39 is 5.97 Å². The number of carbonyl (C=O) groups is 2. The molecule has 0 atom stereocenters. The van der Waals surface area contributed by atoms with E-state index in [0.29, 0.717) is 0 Å². The fraction of sp³-hybridized carbons (Fsp3) is 0.333. The number of carboxylic acid groups (broad SMARTS) is 1. The number of anilines is 2. The number of hydrogen-bond donors (Lipinski definition) is 1. The van der Waals surface area contributed by atoms with Gasteiger partial charge in [-0.15, -0.1) is 0 Å². The molecule has 2 rings (SSSR count). The van der Waals surface area contributed by atoms with Gasteiger partial charge in [0.15, 0.2) is 0 Å². The number of carboxylic acids is 1. The zero-order valence-electron chi connectivity index (χ0n) is 9.89. The van der Waals surface area contributed by atoms with Gasteiger partial charge in [-0.25, -0.2) is 0 Å². The maximum Gasteiger partial charge on any atom is 0.305 e. The molecule has 0 spiro atoms. The van der Waals surface area contributed by atoms with Crippen molar-refractivity contribution in [3.05, 3.63) is 22.7 Å². The predicted molar refractivity (Wildman–Crippen MR) is 72.0 cm³/mol. The van der Waals surface area contributed by atoms with Crippen LogP contribution in [-0.4, -0.2) is 37.1 Å². The van der Waals surface area contributed by atoms with Crippen LogP contribution >= 0.6 is 15.9 Å². The predicted octanol–water partition coefficient (Wildman–Crippen LogP) is 1.71. The van der Waals surface area contributed by atoms with Gasteiger partial charge in [0, 0.05) is 18.1 Å². The minimum absolute atomic E-state index is 0.0542. The van der Waals surface area contributed by atoms with Gasteiger partial charge < -0.3 is 14.9 Å². The number of benzene rings is 1. The Kier molecular flexibility index (Phi) is 3.56. The van der Waals surface area contributed by atoms with Crippen LogP contribution in [0.4, 0.5) is 11.4 Å². The minimum Gasteiger partial charge on any atom is -0.481 e. The van der Waals surface area contributed by atoms with Gasteiger partial charge in [0.1, 0.15) is 0 Å². The second-order valence-corrected chi connectivity index (χ2v) is 5.09. The second kappa shape index (κ2) is 4.97. The summed E-state index contributed by atoms with van der Waals surface area (Å²) in [5, 5.41) is 8.73. The summed E-state index contributed by atoms with van der Waals surface area (Å²) in [7, 11) is 1.85. The Morgan fingerprint density at radius 2 is 2.17 bits per heavy atom. The van der Waals surface area contributed by atoms with Crippen LogP contribution in [0.2, 0.25) is 0 Å². The molecule has 0 unspecified atom stereocenters. The van der Waals surface area contributed by atoms with Gasteiger partial charge >= 0.3 is 5.97 Å². The second-order valence-electron chi connectivity index (χ2n) is 4.18. The standard InChI is InChI=1S/C12H13BrN2O3/c1-14-7-11(16)15(5-4-12(17)18)10-6-8(13)2-3-9(10)14/h2-3,6H,4-5,7H2,1H3,(H,17,18). The molecular formula is C12H13BrN2O3. The van der Waals surface area contributed by atoms with Crippen LogP contribution in [0, 0.1) is 0 Å². The smallest absolute Gasteiger partial charge is 0.305 e. The summed E-state index contributed by atoms with van der Waals surface area (Å²) in [5.41, 5.74) is 1.69. The van der Waals surface area contributed by atoms with E-state index in [2.05, 4.69) is 15.9 Å². The summed E-state index contributed by atoms with van der Waals surface area (Å²) in [4.78, 5) is 26.0. The molecule has 1 heterocycles. The number of likely N-dealkylation sites (N-methyl/N-ethyl adjacent to an activating group) is 1. The first kappa shape index (κ1) is 12.9. The molecular weight excluding hydrogens is 300 g/mol. The maximum absolute atomic E-state index is 12.0. The van der Waals surface area contributed by atoms with Crippen molar-refractivity contribution in [1.29, 1.82) is 0 Å². The lowest BCUT2D eigenvalue weighted by molar-refractivity contribution is -0.136. The molecule has 1 aliphatic rings. The van der Waals surface area contributed by atoms with Crippen LogP contribution in [0.25, 0.3) is 0 Å². The number of carbonyl (C=O) groups excluding carboxylic acids is 1. The number of amides is 1. The van der Waals surface area contributed by atoms with Gasteiger partial charge in [0.2, 0.25) is 5.91 Å². The van der Waals surface area contributed by atoms with Crippen molar-refractivity contribution >= 4 is 39.2 Å². The number of hydrogen-bond acceptors (Lipinski definition) is 3.